The zero-order valence-corrected chi connectivity index (χ0v) is 13.2. The molecule has 0 saturated heterocycles. The first-order valence-electron chi connectivity index (χ1n) is 7.86. The third kappa shape index (κ3) is 3.01. The fourth-order valence-electron chi connectivity index (χ4n) is 2.63. The van der Waals surface area contributed by atoms with Gasteiger partial charge in [-0.25, -0.2) is 9.78 Å². The van der Waals surface area contributed by atoms with Crippen molar-refractivity contribution < 1.29 is 13.6 Å². The van der Waals surface area contributed by atoms with E-state index < -0.39 is 11.5 Å². The highest BCUT2D eigenvalue weighted by atomic mass is 16.4. The highest BCUT2D eigenvalue weighted by Gasteiger charge is 2.13. The van der Waals surface area contributed by atoms with Crippen LogP contribution < -0.4 is 10.9 Å². The van der Waals surface area contributed by atoms with Crippen molar-refractivity contribution in [3.05, 3.63) is 76.5 Å². The molecule has 1 amide bonds. The number of nitrogens with zero attached hydrogens (tertiary/aromatic N) is 1. The van der Waals surface area contributed by atoms with Crippen molar-refractivity contribution in [3.63, 3.8) is 0 Å². The third-order valence-electron chi connectivity index (χ3n) is 3.85. The predicted octanol–water partition coefficient (Wildman–Crippen LogP) is 2.91. The van der Waals surface area contributed by atoms with Crippen LogP contribution in [0.1, 0.15) is 16.2 Å². The molecule has 0 aliphatic carbocycles. The third-order valence-corrected chi connectivity index (χ3v) is 3.85. The summed E-state index contributed by atoms with van der Waals surface area (Å²) in [5, 5.41) is 3.40. The summed E-state index contributed by atoms with van der Waals surface area (Å²) in [5.41, 5.74) is 1.27. The number of fused-ring (bicyclic) bond motifs is 2. The molecule has 4 rings (SSSR count). The zero-order valence-electron chi connectivity index (χ0n) is 13.2. The summed E-state index contributed by atoms with van der Waals surface area (Å²) in [6, 6.07) is 16.1. The predicted molar refractivity (Wildman–Crippen MR) is 92.5 cm³/mol. The molecule has 0 atom stereocenters. The largest absolute Gasteiger partial charge is 0.441 e. The van der Waals surface area contributed by atoms with Gasteiger partial charge in [0.15, 0.2) is 11.5 Å². The van der Waals surface area contributed by atoms with Gasteiger partial charge < -0.3 is 14.2 Å². The first-order valence-corrected chi connectivity index (χ1v) is 7.86. The average molecular weight is 334 g/mol. The zero-order chi connectivity index (χ0) is 17.2. The smallest absolute Gasteiger partial charge is 0.349 e. The Kier molecular flexibility index (Phi) is 3.78. The van der Waals surface area contributed by atoms with Crippen LogP contribution in [0, 0.1) is 0 Å². The van der Waals surface area contributed by atoms with Crippen molar-refractivity contribution in [2.24, 2.45) is 0 Å². The molecule has 0 radical (unpaired) electrons. The Bertz CT molecular complexity index is 1090. The van der Waals surface area contributed by atoms with Crippen LogP contribution >= 0.6 is 0 Å². The van der Waals surface area contributed by atoms with Gasteiger partial charge in [0, 0.05) is 18.4 Å². The van der Waals surface area contributed by atoms with Crippen molar-refractivity contribution in [2.75, 3.05) is 6.54 Å². The SMILES string of the molecule is O=C(NCCc1nc2ccccc2o1)c1cc2ccccc2oc1=O. The summed E-state index contributed by atoms with van der Waals surface area (Å²) in [6.07, 6.45) is 0.430. The van der Waals surface area contributed by atoms with E-state index in [-0.39, 0.29) is 5.56 Å². The second-order valence-electron chi connectivity index (χ2n) is 5.57. The van der Waals surface area contributed by atoms with Crippen molar-refractivity contribution in [1.82, 2.24) is 10.3 Å². The van der Waals surface area contributed by atoms with Crippen molar-refractivity contribution in [3.8, 4) is 0 Å². The quantitative estimate of drug-likeness (QED) is 0.580. The van der Waals surface area contributed by atoms with Crippen molar-refractivity contribution in [2.45, 2.75) is 6.42 Å². The van der Waals surface area contributed by atoms with Gasteiger partial charge in [-0.2, -0.15) is 0 Å². The number of nitrogens with one attached hydrogen (secondary N) is 1. The second kappa shape index (κ2) is 6.24. The van der Waals surface area contributed by atoms with Crippen LogP contribution in [0.5, 0.6) is 0 Å². The molecule has 124 valence electrons. The second-order valence-corrected chi connectivity index (χ2v) is 5.57. The summed E-state index contributed by atoms with van der Waals surface area (Å²) in [6.45, 7) is 0.303. The van der Waals surface area contributed by atoms with Gasteiger partial charge in [-0.1, -0.05) is 30.3 Å². The molecule has 0 unspecified atom stereocenters. The molecule has 0 saturated carbocycles. The molecule has 0 fully saturated rings. The minimum Gasteiger partial charge on any atom is -0.441 e. The van der Waals surface area contributed by atoms with Crippen LogP contribution in [0.4, 0.5) is 0 Å². The Morgan fingerprint density at radius 1 is 1.00 bits per heavy atom. The number of amides is 1. The van der Waals surface area contributed by atoms with Crippen LogP contribution in [0.15, 0.2) is 68.2 Å². The maximum Gasteiger partial charge on any atom is 0.349 e. The van der Waals surface area contributed by atoms with Gasteiger partial charge in [0.1, 0.15) is 16.7 Å². The van der Waals surface area contributed by atoms with E-state index in [1.54, 1.807) is 18.2 Å². The number of oxazole rings is 1. The van der Waals surface area contributed by atoms with Crippen LogP contribution in [0.2, 0.25) is 0 Å². The number of hydrogen-bond acceptors (Lipinski definition) is 5. The topological polar surface area (TPSA) is 85.3 Å². The molecule has 6 heteroatoms. The molecular formula is C19H14N2O4. The van der Waals surface area contributed by atoms with Crippen LogP contribution in [-0.4, -0.2) is 17.4 Å². The van der Waals surface area contributed by atoms with Crippen molar-refractivity contribution in [1.29, 1.82) is 0 Å². The molecule has 4 aromatic rings. The van der Waals surface area contributed by atoms with Gasteiger partial charge >= 0.3 is 5.63 Å². The molecule has 1 N–H and O–H groups in total. The lowest BCUT2D eigenvalue weighted by Crippen LogP contribution is -2.29. The van der Waals surface area contributed by atoms with E-state index in [4.69, 9.17) is 8.83 Å². The van der Waals surface area contributed by atoms with Gasteiger partial charge in [-0.05, 0) is 24.3 Å². The molecule has 0 bridgehead atoms. The van der Waals surface area contributed by atoms with E-state index >= 15 is 0 Å². The Morgan fingerprint density at radius 3 is 2.60 bits per heavy atom. The van der Waals surface area contributed by atoms with E-state index in [1.165, 1.54) is 6.07 Å². The van der Waals surface area contributed by atoms with E-state index in [2.05, 4.69) is 10.3 Å². The average Bonchev–Trinajstić information content (AvgIpc) is 3.03. The molecular weight excluding hydrogens is 320 g/mol. The molecule has 0 aliphatic rings. The Morgan fingerprint density at radius 2 is 1.76 bits per heavy atom. The summed E-state index contributed by atoms with van der Waals surface area (Å²) in [7, 11) is 0. The molecule has 2 aromatic heterocycles. The molecule has 2 aromatic carbocycles. The Labute approximate surface area is 142 Å². The molecule has 0 spiro atoms. The lowest BCUT2D eigenvalue weighted by atomic mass is 10.2. The normalized spacial score (nSPS) is 11.0. The van der Waals surface area contributed by atoms with E-state index in [1.807, 2.05) is 30.3 Å². The lowest BCUT2D eigenvalue weighted by molar-refractivity contribution is 0.0950. The number of para-hydroxylation sites is 3. The van der Waals surface area contributed by atoms with Gasteiger partial charge in [0.05, 0.1) is 0 Å². The van der Waals surface area contributed by atoms with Gasteiger partial charge in [0.2, 0.25) is 0 Å². The number of aromatic nitrogens is 1. The Balaban J connectivity index is 1.47. The minimum absolute atomic E-state index is 0.0173. The fraction of sp³-hybridized carbons (Fsp3) is 0.105. The first-order chi connectivity index (χ1) is 12.2. The number of rotatable bonds is 4. The fourth-order valence-corrected chi connectivity index (χ4v) is 2.63. The number of carbonyl (C=O) groups is 1. The monoisotopic (exact) mass is 334 g/mol. The molecule has 0 aliphatic heterocycles. The highest BCUT2D eigenvalue weighted by Crippen LogP contribution is 2.15. The Hall–Kier alpha value is -3.41. The minimum atomic E-state index is -0.655. The number of benzene rings is 2. The van der Waals surface area contributed by atoms with Crippen molar-refractivity contribution >= 4 is 28.0 Å². The summed E-state index contributed by atoms with van der Waals surface area (Å²) in [5.74, 6) is 0.0580. The maximum atomic E-state index is 12.2. The number of carbonyl (C=O) groups excluding carboxylic acids is 1. The summed E-state index contributed by atoms with van der Waals surface area (Å²) >= 11 is 0. The van der Waals surface area contributed by atoms with Crippen LogP contribution in [0.25, 0.3) is 22.1 Å². The van der Waals surface area contributed by atoms with Gasteiger partial charge in [-0.15, -0.1) is 0 Å². The summed E-state index contributed by atoms with van der Waals surface area (Å²) in [4.78, 5) is 28.6. The summed E-state index contributed by atoms with van der Waals surface area (Å²) < 4.78 is 10.8. The van der Waals surface area contributed by atoms with E-state index in [0.29, 0.717) is 35.4 Å². The van der Waals surface area contributed by atoms with E-state index in [9.17, 15) is 9.59 Å². The van der Waals surface area contributed by atoms with Gasteiger partial charge in [-0.3, -0.25) is 4.79 Å². The molecule has 25 heavy (non-hydrogen) atoms. The first kappa shape index (κ1) is 15.1. The standard InChI is InChI=1S/C19H14N2O4/c22-18(13-11-12-5-1-3-7-15(12)25-19(13)23)20-10-9-17-21-14-6-2-4-8-16(14)24-17/h1-8,11H,9-10H2,(H,20,22). The molecule has 6 nitrogen and oxygen atoms in total. The lowest BCUT2D eigenvalue weighted by Gasteiger charge is -2.03. The van der Waals surface area contributed by atoms with Gasteiger partial charge in [0.25, 0.3) is 5.91 Å². The number of hydrogen-bond donors (Lipinski definition) is 1. The van der Waals surface area contributed by atoms with Crippen LogP contribution in [-0.2, 0) is 6.42 Å². The van der Waals surface area contributed by atoms with E-state index in [0.717, 1.165) is 5.52 Å². The highest BCUT2D eigenvalue weighted by molar-refractivity contribution is 5.96. The van der Waals surface area contributed by atoms with Crippen LogP contribution in [0.3, 0.4) is 0 Å². The molecule has 2 heterocycles. The maximum absolute atomic E-state index is 12.2.